The molecule has 1 N–H and O–H groups in total. The van der Waals surface area contributed by atoms with Crippen molar-refractivity contribution in [3.05, 3.63) is 20.8 Å². The number of aryl methyl sites for hydroxylation is 2. The van der Waals surface area contributed by atoms with E-state index < -0.39 is 0 Å². The maximum absolute atomic E-state index is 12.7. The van der Waals surface area contributed by atoms with Crippen LogP contribution in [0.2, 0.25) is 0 Å². The third-order valence-electron chi connectivity index (χ3n) is 4.80. The number of piperidine rings is 1. The van der Waals surface area contributed by atoms with E-state index in [-0.39, 0.29) is 17.4 Å². The van der Waals surface area contributed by atoms with Crippen LogP contribution >= 0.6 is 0 Å². The van der Waals surface area contributed by atoms with Gasteiger partial charge >= 0.3 is 5.69 Å². The van der Waals surface area contributed by atoms with E-state index in [1.807, 2.05) is 4.57 Å². The van der Waals surface area contributed by atoms with E-state index in [1.165, 1.54) is 11.6 Å². The summed E-state index contributed by atoms with van der Waals surface area (Å²) in [6.07, 6.45) is 2.80. The van der Waals surface area contributed by atoms with Gasteiger partial charge in [-0.2, -0.15) is 4.98 Å². The minimum atomic E-state index is -0.376. The summed E-state index contributed by atoms with van der Waals surface area (Å²) in [7, 11) is 3.13. The van der Waals surface area contributed by atoms with Crippen LogP contribution in [0.25, 0.3) is 11.2 Å². The number of ether oxygens (including phenoxy) is 1. The topological polar surface area (TPSA) is 83.1 Å². The number of rotatable bonds is 5. The second kappa shape index (κ2) is 7.03. The van der Waals surface area contributed by atoms with Crippen LogP contribution in [0.4, 0.5) is 0 Å². The second-order valence-corrected chi connectivity index (χ2v) is 7.17. The highest BCUT2D eigenvalue weighted by molar-refractivity contribution is 5.71. The van der Waals surface area contributed by atoms with Crippen molar-refractivity contribution in [1.82, 2.24) is 24.0 Å². The van der Waals surface area contributed by atoms with Crippen molar-refractivity contribution < 1.29 is 4.74 Å². The van der Waals surface area contributed by atoms with Crippen LogP contribution in [0.1, 0.15) is 33.1 Å². The monoisotopic (exact) mass is 349 g/mol. The fraction of sp³-hybridized carbons (Fsp3) is 0.706. The molecule has 0 atom stereocenters. The maximum Gasteiger partial charge on any atom is 0.332 e. The first-order chi connectivity index (χ1) is 11.9. The molecule has 2 aromatic heterocycles. The van der Waals surface area contributed by atoms with Gasteiger partial charge < -0.3 is 10.1 Å². The normalized spacial score (nSPS) is 16.0. The minimum Gasteiger partial charge on any atom is -0.461 e. The quantitative estimate of drug-likeness (QED) is 0.855. The van der Waals surface area contributed by atoms with Crippen LogP contribution in [0, 0.1) is 5.92 Å². The van der Waals surface area contributed by atoms with Crippen LogP contribution in [-0.2, 0) is 20.6 Å². The van der Waals surface area contributed by atoms with Gasteiger partial charge in [-0.1, -0.05) is 13.8 Å². The molecule has 0 aromatic carbocycles. The first-order valence-corrected chi connectivity index (χ1v) is 8.93. The molecule has 25 heavy (non-hydrogen) atoms. The molecule has 0 amide bonds. The molecular formula is C17H27N5O3. The first-order valence-electron chi connectivity index (χ1n) is 8.93. The van der Waals surface area contributed by atoms with Gasteiger partial charge in [-0.25, -0.2) is 4.79 Å². The summed E-state index contributed by atoms with van der Waals surface area (Å²) in [5.41, 5.74) is 0.129. The Morgan fingerprint density at radius 3 is 2.52 bits per heavy atom. The number of hydrogen-bond donors (Lipinski definition) is 1. The van der Waals surface area contributed by atoms with E-state index in [9.17, 15) is 9.59 Å². The molecule has 2 aromatic rings. The molecule has 8 nitrogen and oxygen atoms in total. The van der Waals surface area contributed by atoms with Crippen molar-refractivity contribution in [1.29, 1.82) is 0 Å². The number of aromatic nitrogens is 4. The van der Waals surface area contributed by atoms with Gasteiger partial charge in [-0.05, 0) is 38.3 Å². The van der Waals surface area contributed by atoms with Gasteiger partial charge in [0.1, 0.15) is 6.10 Å². The largest absolute Gasteiger partial charge is 0.461 e. The molecule has 1 fully saturated rings. The van der Waals surface area contributed by atoms with Gasteiger partial charge in [0.05, 0.1) is 0 Å². The molecule has 138 valence electrons. The van der Waals surface area contributed by atoms with Gasteiger partial charge in [-0.3, -0.25) is 18.5 Å². The Kier molecular flexibility index (Phi) is 4.99. The average Bonchev–Trinajstić information content (AvgIpc) is 2.95. The maximum atomic E-state index is 12.7. The van der Waals surface area contributed by atoms with Crippen LogP contribution in [0.15, 0.2) is 9.59 Å². The van der Waals surface area contributed by atoms with Crippen LogP contribution in [-0.4, -0.2) is 37.9 Å². The van der Waals surface area contributed by atoms with Crippen molar-refractivity contribution in [2.24, 2.45) is 20.0 Å². The van der Waals surface area contributed by atoms with Crippen molar-refractivity contribution in [2.45, 2.75) is 45.8 Å². The molecule has 8 heteroatoms. The average molecular weight is 349 g/mol. The molecular weight excluding hydrogens is 322 g/mol. The molecule has 0 unspecified atom stereocenters. The lowest BCUT2D eigenvalue weighted by Gasteiger charge is -2.23. The number of imidazole rings is 1. The highest BCUT2D eigenvalue weighted by atomic mass is 16.5. The third kappa shape index (κ3) is 3.35. The molecule has 0 radical (unpaired) electrons. The number of fused-ring (bicyclic) bond motifs is 1. The standard InChI is InChI=1S/C17H27N5O3/c1-11(2)7-10-22-13-14(20(3)17(24)21(4)15(13)23)19-16(22)25-12-5-8-18-9-6-12/h11-12,18H,5-10H2,1-4H3. The fourth-order valence-electron chi connectivity index (χ4n) is 3.17. The van der Waals surface area contributed by atoms with Gasteiger partial charge in [0, 0.05) is 20.6 Å². The Hall–Kier alpha value is -2.09. The zero-order valence-corrected chi connectivity index (χ0v) is 15.4. The lowest BCUT2D eigenvalue weighted by molar-refractivity contribution is 0.142. The molecule has 0 spiro atoms. The molecule has 3 rings (SSSR count). The number of nitrogens with zero attached hydrogens (tertiary/aromatic N) is 4. The third-order valence-corrected chi connectivity index (χ3v) is 4.80. The van der Waals surface area contributed by atoms with Crippen molar-refractivity contribution >= 4 is 11.2 Å². The van der Waals surface area contributed by atoms with Crippen LogP contribution in [0.5, 0.6) is 6.01 Å². The SMILES string of the molecule is CC(C)CCn1c(OC2CCNCC2)nc2c1c(=O)n(C)c(=O)n2C. The molecule has 0 saturated carbocycles. The van der Waals surface area contributed by atoms with E-state index >= 15 is 0 Å². The zero-order chi connectivity index (χ0) is 18.1. The van der Waals surface area contributed by atoms with Crippen LogP contribution in [0.3, 0.4) is 0 Å². The van der Waals surface area contributed by atoms with E-state index in [2.05, 4.69) is 24.1 Å². The van der Waals surface area contributed by atoms with Crippen LogP contribution < -0.4 is 21.3 Å². The fourth-order valence-corrected chi connectivity index (χ4v) is 3.17. The first kappa shape index (κ1) is 17.7. The van der Waals surface area contributed by atoms with E-state index in [0.29, 0.717) is 29.6 Å². The summed E-state index contributed by atoms with van der Waals surface area (Å²) in [5, 5.41) is 3.31. The number of nitrogens with one attached hydrogen (secondary N) is 1. The Morgan fingerprint density at radius 2 is 1.88 bits per heavy atom. The highest BCUT2D eigenvalue weighted by Gasteiger charge is 2.23. The molecule has 0 bridgehead atoms. The predicted molar refractivity (Wildman–Crippen MR) is 96.2 cm³/mol. The van der Waals surface area contributed by atoms with E-state index in [0.717, 1.165) is 36.9 Å². The number of hydrogen-bond acceptors (Lipinski definition) is 5. The Labute approximate surface area is 146 Å². The predicted octanol–water partition coefficient (Wildman–Crippen LogP) is 0.611. The van der Waals surface area contributed by atoms with Gasteiger partial charge in [0.25, 0.3) is 11.6 Å². The van der Waals surface area contributed by atoms with Gasteiger partial charge in [0.2, 0.25) is 0 Å². The summed E-state index contributed by atoms with van der Waals surface area (Å²) in [4.78, 5) is 29.4. The second-order valence-electron chi connectivity index (χ2n) is 7.17. The molecule has 0 aliphatic carbocycles. The van der Waals surface area contributed by atoms with Crippen molar-refractivity contribution in [2.75, 3.05) is 13.1 Å². The lowest BCUT2D eigenvalue weighted by atomic mass is 10.1. The summed E-state index contributed by atoms with van der Waals surface area (Å²) in [6.45, 7) is 6.75. The molecule has 3 heterocycles. The Bertz CT molecular complexity index is 871. The minimum absolute atomic E-state index is 0.0803. The van der Waals surface area contributed by atoms with Crippen molar-refractivity contribution in [3.63, 3.8) is 0 Å². The Morgan fingerprint density at radius 1 is 1.20 bits per heavy atom. The molecule has 1 aliphatic heterocycles. The van der Waals surface area contributed by atoms with E-state index in [1.54, 1.807) is 7.05 Å². The molecule has 1 aliphatic rings. The molecule has 1 saturated heterocycles. The zero-order valence-electron chi connectivity index (χ0n) is 15.4. The lowest BCUT2D eigenvalue weighted by Crippen LogP contribution is -2.37. The highest BCUT2D eigenvalue weighted by Crippen LogP contribution is 2.22. The Balaban J connectivity index is 2.12. The smallest absolute Gasteiger partial charge is 0.332 e. The van der Waals surface area contributed by atoms with E-state index in [4.69, 9.17) is 4.74 Å². The summed E-state index contributed by atoms with van der Waals surface area (Å²) in [6, 6.07) is 0.445. The summed E-state index contributed by atoms with van der Waals surface area (Å²) in [5.74, 6) is 0.487. The van der Waals surface area contributed by atoms with Crippen molar-refractivity contribution in [3.8, 4) is 6.01 Å². The van der Waals surface area contributed by atoms with Gasteiger partial charge in [-0.15, -0.1) is 0 Å². The summed E-state index contributed by atoms with van der Waals surface area (Å²) >= 11 is 0. The summed E-state index contributed by atoms with van der Waals surface area (Å²) < 4.78 is 10.5. The van der Waals surface area contributed by atoms with Gasteiger partial charge in [0.15, 0.2) is 11.2 Å².